The number of primary amides is 1. The molecule has 2 N–H and O–H groups in total. The number of carbonyl (C=O) groups is 2. The van der Waals surface area contributed by atoms with Crippen LogP contribution in [0.3, 0.4) is 0 Å². The number of nitrogens with two attached hydrogens (primary N) is 1. The van der Waals surface area contributed by atoms with Crippen LogP contribution in [0.2, 0.25) is 0 Å². The third kappa shape index (κ3) is 4.82. The van der Waals surface area contributed by atoms with E-state index in [1.54, 1.807) is 24.3 Å². The maximum absolute atomic E-state index is 12.1. The van der Waals surface area contributed by atoms with Crippen LogP contribution in [-0.2, 0) is 16.1 Å². The van der Waals surface area contributed by atoms with Crippen molar-refractivity contribution < 1.29 is 19.1 Å². The molecule has 0 unspecified atom stereocenters. The van der Waals surface area contributed by atoms with Crippen molar-refractivity contribution in [3.05, 3.63) is 64.1 Å². The minimum absolute atomic E-state index is 0.246. The first-order chi connectivity index (χ1) is 11.0. The fourth-order valence-electron chi connectivity index (χ4n) is 1.83. The average Bonchev–Trinajstić information content (AvgIpc) is 2.53. The quantitative estimate of drug-likeness (QED) is 0.784. The Morgan fingerprint density at radius 3 is 2.61 bits per heavy atom. The Labute approximate surface area is 142 Å². The molecular weight excluding hydrogens is 362 g/mol. The van der Waals surface area contributed by atoms with Crippen LogP contribution in [0.4, 0.5) is 0 Å². The maximum Gasteiger partial charge on any atom is 0.342 e. The molecule has 2 aromatic carbocycles. The van der Waals surface area contributed by atoms with Crippen molar-refractivity contribution in [1.82, 2.24) is 0 Å². The maximum atomic E-state index is 12.1. The number of esters is 1. The molecule has 5 nitrogen and oxygen atoms in total. The Morgan fingerprint density at radius 1 is 1.17 bits per heavy atom. The topological polar surface area (TPSA) is 78.6 Å². The zero-order chi connectivity index (χ0) is 16.8. The highest BCUT2D eigenvalue weighted by Crippen LogP contribution is 2.21. The second-order valence-electron chi connectivity index (χ2n) is 4.86. The van der Waals surface area contributed by atoms with Crippen LogP contribution in [0.25, 0.3) is 0 Å². The van der Waals surface area contributed by atoms with Crippen molar-refractivity contribution in [2.45, 2.75) is 19.6 Å². The van der Waals surface area contributed by atoms with E-state index in [4.69, 9.17) is 15.2 Å². The number of benzene rings is 2. The normalized spacial score (nSPS) is 11.6. The molecule has 120 valence electrons. The van der Waals surface area contributed by atoms with Crippen molar-refractivity contribution in [2.75, 3.05) is 0 Å². The van der Waals surface area contributed by atoms with Gasteiger partial charge in [0.1, 0.15) is 17.9 Å². The van der Waals surface area contributed by atoms with Crippen LogP contribution in [0.1, 0.15) is 22.8 Å². The number of para-hydroxylation sites is 1. The van der Waals surface area contributed by atoms with Gasteiger partial charge in [0.05, 0.1) is 0 Å². The summed E-state index contributed by atoms with van der Waals surface area (Å²) in [5, 5.41) is 0. The van der Waals surface area contributed by atoms with E-state index >= 15 is 0 Å². The second-order valence-corrected chi connectivity index (χ2v) is 5.78. The molecule has 0 radical (unpaired) electrons. The molecule has 0 aliphatic heterocycles. The van der Waals surface area contributed by atoms with Gasteiger partial charge in [0.25, 0.3) is 5.91 Å². The lowest BCUT2D eigenvalue weighted by molar-refractivity contribution is -0.125. The van der Waals surface area contributed by atoms with E-state index in [1.165, 1.54) is 6.92 Å². The number of carbonyl (C=O) groups excluding carboxylic acids is 2. The van der Waals surface area contributed by atoms with Crippen LogP contribution in [0.15, 0.2) is 53.0 Å². The first-order valence-electron chi connectivity index (χ1n) is 6.94. The number of halogens is 1. The number of ether oxygens (including phenoxy) is 2. The largest absolute Gasteiger partial charge is 0.488 e. The number of hydrogen-bond donors (Lipinski definition) is 1. The molecule has 23 heavy (non-hydrogen) atoms. The number of hydrogen-bond acceptors (Lipinski definition) is 4. The summed E-state index contributed by atoms with van der Waals surface area (Å²) in [4.78, 5) is 23.1. The minimum atomic E-state index is -0.999. The molecular formula is C17H16BrNO4. The van der Waals surface area contributed by atoms with Gasteiger partial charge in [-0.1, -0.05) is 40.2 Å². The van der Waals surface area contributed by atoms with Gasteiger partial charge in [0, 0.05) is 4.47 Å². The summed E-state index contributed by atoms with van der Waals surface area (Å²) in [5.41, 5.74) is 6.30. The van der Waals surface area contributed by atoms with Gasteiger partial charge in [-0.3, -0.25) is 4.79 Å². The van der Waals surface area contributed by atoms with Crippen LogP contribution in [-0.4, -0.2) is 18.0 Å². The van der Waals surface area contributed by atoms with Gasteiger partial charge >= 0.3 is 5.97 Å². The number of amides is 1. The Kier molecular flexibility index (Phi) is 5.76. The third-order valence-electron chi connectivity index (χ3n) is 3.07. The Hall–Kier alpha value is -2.34. The molecule has 1 atom stereocenters. The summed E-state index contributed by atoms with van der Waals surface area (Å²) >= 11 is 3.39. The van der Waals surface area contributed by atoms with E-state index in [0.717, 1.165) is 10.0 Å². The summed E-state index contributed by atoms with van der Waals surface area (Å²) in [6.07, 6.45) is -0.999. The SMILES string of the molecule is C[C@H](OC(=O)c1ccccc1OCc1cccc(Br)c1)C(N)=O. The van der Waals surface area contributed by atoms with Crippen LogP contribution in [0.5, 0.6) is 5.75 Å². The smallest absolute Gasteiger partial charge is 0.342 e. The van der Waals surface area contributed by atoms with Crippen molar-refractivity contribution in [1.29, 1.82) is 0 Å². The Morgan fingerprint density at radius 2 is 1.91 bits per heavy atom. The van der Waals surface area contributed by atoms with Gasteiger partial charge < -0.3 is 15.2 Å². The zero-order valence-electron chi connectivity index (χ0n) is 12.5. The summed E-state index contributed by atoms with van der Waals surface area (Å²) in [6, 6.07) is 14.4. The lowest BCUT2D eigenvalue weighted by atomic mass is 10.2. The predicted molar refractivity (Wildman–Crippen MR) is 89.0 cm³/mol. The molecule has 0 spiro atoms. The second kappa shape index (κ2) is 7.78. The van der Waals surface area contributed by atoms with Crippen molar-refractivity contribution in [3.63, 3.8) is 0 Å². The summed E-state index contributed by atoms with van der Waals surface area (Å²) in [5.74, 6) is -0.971. The monoisotopic (exact) mass is 377 g/mol. The fraction of sp³-hybridized carbons (Fsp3) is 0.176. The molecule has 0 bridgehead atoms. The van der Waals surface area contributed by atoms with E-state index in [0.29, 0.717) is 12.4 Å². The standard InChI is InChI=1S/C17H16BrNO4/c1-11(16(19)20)23-17(21)14-7-2-3-8-15(14)22-10-12-5-4-6-13(18)9-12/h2-9,11H,10H2,1H3,(H2,19,20)/t11-/m0/s1. The van der Waals surface area contributed by atoms with Crippen LogP contribution >= 0.6 is 15.9 Å². The van der Waals surface area contributed by atoms with Crippen LogP contribution in [0, 0.1) is 0 Å². The zero-order valence-corrected chi connectivity index (χ0v) is 14.1. The highest BCUT2D eigenvalue weighted by Gasteiger charge is 2.19. The Balaban J connectivity index is 2.11. The molecule has 2 aromatic rings. The highest BCUT2D eigenvalue weighted by molar-refractivity contribution is 9.10. The van der Waals surface area contributed by atoms with Crippen LogP contribution < -0.4 is 10.5 Å². The third-order valence-corrected chi connectivity index (χ3v) is 3.57. The first kappa shape index (κ1) is 17.0. The molecule has 2 rings (SSSR count). The molecule has 0 fully saturated rings. The molecule has 6 heteroatoms. The van der Waals surface area contributed by atoms with Gasteiger partial charge in [-0.05, 0) is 36.8 Å². The molecule has 0 saturated carbocycles. The van der Waals surface area contributed by atoms with Gasteiger partial charge in [0.15, 0.2) is 6.10 Å². The van der Waals surface area contributed by atoms with E-state index in [-0.39, 0.29) is 5.56 Å². The molecule has 0 aliphatic carbocycles. The van der Waals surface area contributed by atoms with Crippen molar-refractivity contribution in [2.24, 2.45) is 5.73 Å². The predicted octanol–water partition coefficient (Wildman–Crippen LogP) is 3.06. The average molecular weight is 378 g/mol. The first-order valence-corrected chi connectivity index (χ1v) is 7.73. The molecule has 1 amide bonds. The molecule has 0 aromatic heterocycles. The summed E-state index contributed by atoms with van der Waals surface area (Å²) in [7, 11) is 0. The van der Waals surface area contributed by atoms with E-state index < -0.39 is 18.0 Å². The van der Waals surface area contributed by atoms with E-state index in [2.05, 4.69) is 15.9 Å². The Bertz CT molecular complexity index is 717. The van der Waals surface area contributed by atoms with Gasteiger partial charge in [-0.25, -0.2) is 4.79 Å². The van der Waals surface area contributed by atoms with E-state index in [1.807, 2.05) is 24.3 Å². The van der Waals surface area contributed by atoms with Crippen molar-refractivity contribution >= 4 is 27.8 Å². The summed E-state index contributed by atoms with van der Waals surface area (Å²) < 4.78 is 11.7. The molecule has 0 saturated heterocycles. The molecule has 0 heterocycles. The fourth-order valence-corrected chi connectivity index (χ4v) is 2.28. The van der Waals surface area contributed by atoms with Gasteiger partial charge in [-0.2, -0.15) is 0 Å². The van der Waals surface area contributed by atoms with Gasteiger partial charge in [-0.15, -0.1) is 0 Å². The summed E-state index contributed by atoms with van der Waals surface area (Å²) in [6.45, 7) is 1.72. The highest BCUT2D eigenvalue weighted by atomic mass is 79.9. The lowest BCUT2D eigenvalue weighted by Gasteiger charge is -2.13. The number of rotatable bonds is 6. The van der Waals surface area contributed by atoms with Gasteiger partial charge in [0.2, 0.25) is 0 Å². The molecule has 0 aliphatic rings. The van der Waals surface area contributed by atoms with Crippen molar-refractivity contribution in [3.8, 4) is 5.75 Å². The lowest BCUT2D eigenvalue weighted by Crippen LogP contribution is -2.30. The van der Waals surface area contributed by atoms with E-state index in [9.17, 15) is 9.59 Å². The minimum Gasteiger partial charge on any atom is -0.488 e.